The van der Waals surface area contributed by atoms with Crippen molar-refractivity contribution in [1.82, 2.24) is 19.5 Å². The molecular weight excluding hydrogens is 308 g/mol. The quantitative estimate of drug-likeness (QED) is 0.867. The van der Waals surface area contributed by atoms with E-state index in [0.717, 1.165) is 47.0 Å². The zero-order chi connectivity index (χ0) is 15.8. The minimum atomic E-state index is -0.0477. The van der Waals surface area contributed by atoms with Gasteiger partial charge in [0.2, 0.25) is 4.96 Å². The largest absolute Gasteiger partial charge is 0.297 e. The Morgan fingerprint density at radius 3 is 2.91 bits per heavy atom. The van der Waals surface area contributed by atoms with Crippen molar-refractivity contribution in [2.24, 2.45) is 11.8 Å². The molecule has 4 rings (SSSR count). The summed E-state index contributed by atoms with van der Waals surface area (Å²) in [6, 6.07) is 1.67. The normalized spacial score (nSPS) is 25.6. The third-order valence-corrected chi connectivity index (χ3v) is 6.46. The van der Waals surface area contributed by atoms with Gasteiger partial charge in [-0.1, -0.05) is 37.5 Å². The SMILES string of the molecule is CCc1nn2c(=O)cc(CN3CC[C@H]4CCCC[C@@H]4C3)nc2s1. The fraction of sp³-hybridized carbons (Fsp3) is 0.706. The van der Waals surface area contributed by atoms with Crippen molar-refractivity contribution in [2.45, 2.75) is 52.0 Å². The second-order valence-corrected chi connectivity index (χ2v) is 8.00. The molecule has 6 heteroatoms. The van der Waals surface area contributed by atoms with E-state index in [0.29, 0.717) is 0 Å². The van der Waals surface area contributed by atoms with Crippen LogP contribution in [0.25, 0.3) is 4.96 Å². The van der Waals surface area contributed by atoms with Gasteiger partial charge in [0.15, 0.2) is 0 Å². The smallest absolute Gasteiger partial charge is 0.275 e. The minimum absolute atomic E-state index is 0.0477. The molecule has 0 radical (unpaired) electrons. The van der Waals surface area contributed by atoms with Crippen LogP contribution in [0.4, 0.5) is 0 Å². The van der Waals surface area contributed by atoms with Crippen LogP contribution in [0.1, 0.15) is 49.7 Å². The number of fused-ring (bicyclic) bond motifs is 2. The van der Waals surface area contributed by atoms with Crippen molar-refractivity contribution < 1.29 is 0 Å². The molecule has 2 fully saturated rings. The predicted octanol–water partition coefficient (Wildman–Crippen LogP) is 2.73. The minimum Gasteiger partial charge on any atom is -0.297 e. The molecule has 1 aliphatic heterocycles. The van der Waals surface area contributed by atoms with E-state index in [1.807, 2.05) is 0 Å². The maximum absolute atomic E-state index is 12.2. The molecule has 1 saturated carbocycles. The van der Waals surface area contributed by atoms with Gasteiger partial charge < -0.3 is 0 Å². The fourth-order valence-electron chi connectivity index (χ4n) is 4.17. The van der Waals surface area contributed by atoms with Gasteiger partial charge in [0.05, 0.1) is 5.69 Å². The molecule has 5 nitrogen and oxygen atoms in total. The molecule has 124 valence electrons. The van der Waals surface area contributed by atoms with Crippen molar-refractivity contribution in [2.75, 3.05) is 13.1 Å². The van der Waals surface area contributed by atoms with Crippen LogP contribution in [0.15, 0.2) is 10.9 Å². The number of hydrogen-bond donors (Lipinski definition) is 0. The number of piperidine rings is 1. The van der Waals surface area contributed by atoms with E-state index in [9.17, 15) is 4.79 Å². The molecule has 23 heavy (non-hydrogen) atoms. The molecule has 0 amide bonds. The van der Waals surface area contributed by atoms with Crippen molar-refractivity contribution >= 4 is 16.3 Å². The first-order valence-corrected chi connectivity index (χ1v) is 9.65. The van der Waals surface area contributed by atoms with Crippen LogP contribution in [-0.4, -0.2) is 32.6 Å². The zero-order valence-electron chi connectivity index (χ0n) is 13.7. The van der Waals surface area contributed by atoms with Crippen LogP contribution in [0.5, 0.6) is 0 Å². The summed E-state index contributed by atoms with van der Waals surface area (Å²) in [6.45, 7) is 5.17. The lowest BCUT2D eigenvalue weighted by Gasteiger charge is -2.41. The summed E-state index contributed by atoms with van der Waals surface area (Å²) in [4.78, 5) is 20.2. The second-order valence-electron chi connectivity index (χ2n) is 6.96. The Labute approximate surface area is 140 Å². The molecule has 2 atom stereocenters. The maximum atomic E-state index is 12.2. The van der Waals surface area contributed by atoms with Crippen LogP contribution in [0.3, 0.4) is 0 Å². The standard InChI is InChI=1S/C17H24N4OS/c1-2-15-19-21-16(22)9-14(18-17(21)23-15)11-20-8-7-12-5-3-4-6-13(12)10-20/h9,12-13H,2-8,10-11H2,1H3/t12-,13-/m1/s1. The van der Waals surface area contributed by atoms with Crippen LogP contribution < -0.4 is 5.56 Å². The third kappa shape index (κ3) is 3.06. The Kier molecular flexibility index (Phi) is 4.20. The molecule has 0 unspecified atom stereocenters. The van der Waals surface area contributed by atoms with Crippen LogP contribution in [-0.2, 0) is 13.0 Å². The van der Waals surface area contributed by atoms with E-state index in [-0.39, 0.29) is 5.56 Å². The average Bonchev–Trinajstić information content (AvgIpc) is 2.98. The summed E-state index contributed by atoms with van der Waals surface area (Å²) in [5.41, 5.74) is 0.851. The van der Waals surface area contributed by atoms with E-state index in [2.05, 4.69) is 21.9 Å². The first kappa shape index (κ1) is 15.3. The molecule has 1 saturated heterocycles. The third-order valence-electron chi connectivity index (χ3n) is 5.40. The van der Waals surface area contributed by atoms with E-state index in [4.69, 9.17) is 0 Å². The number of nitrogens with zero attached hydrogens (tertiary/aromatic N) is 4. The first-order chi connectivity index (χ1) is 11.2. The lowest BCUT2D eigenvalue weighted by atomic mass is 9.75. The second kappa shape index (κ2) is 6.32. The predicted molar refractivity (Wildman–Crippen MR) is 91.9 cm³/mol. The van der Waals surface area contributed by atoms with Gasteiger partial charge in [-0.3, -0.25) is 9.69 Å². The molecule has 2 aromatic heterocycles. The Bertz CT molecular complexity index is 753. The molecule has 0 bridgehead atoms. The Hall–Kier alpha value is -1.27. The average molecular weight is 332 g/mol. The van der Waals surface area contributed by atoms with Crippen LogP contribution >= 0.6 is 11.3 Å². The Balaban J connectivity index is 1.52. The lowest BCUT2D eigenvalue weighted by Crippen LogP contribution is -2.41. The summed E-state index contributed by atoms with van der Waals surface area (Å²) in [7, 11) is 0. The van der Waals surface area contributed by atoms with E-state index < -0.39 is 0 Å². The molecular formula is C17H24N4OS. The highest BCUT2D eigenvalue weighted by Gasteiger charge is 2.31. The topological polar surface area (TPSA) is 50.5 Å². The van der Waals surface area contributed by atoms with Crippen LogP contribution in [0, 0.1) is 11.8 Å². The first-order valence-electron chi connectivity index (χ1n) is 8.84. The van der Waals surface area contributed by atoms with Gasteiger partial charge in [-0.05, 0) is 37.6 Å². The Morgan fingerprint density at radius 2 is 2.09 bits per heavy atom. The number of aryl methyl sites for hydroxylation is 1. The van der Waals surface area contributed by atoms with Gasteiger partial charge in [0, 0.05) is 19.2 Å². The van der Waals surface area contributed by atoms with Gasteiger partial charge in [-0.15, -0.1) is 0 Å². The van der Waals surface area contributed by atoms with Gasteiger partial charge in [-0.2, -0.15) is 9.61 Å². The lowest BCUT2D eigenvalue weighted by molar-refractivity contribution is 0.0812. The van der Waals surface area contributed by atoms with Gasteiger partial charge in [-0.25, -0.2) is 4.98 Å². The number of likely N-dealkylation sites (tertiary alicyclic amines) is 1. The number of aromatic nitrogens is 3. The number of hydrogen-bond acceptors (Lipinski definition) is 5. The molecule has 3 heterocycles. The molecule has 2 aliphatic rings. The van der Waals surface area contributed by atoms with Crippen molar-refractivity contribution in [3.05, 3.63) is 27.1 Å². The van der Waals surface area contributed by atoms with E-state index in [1.54, 1.807) is 6.07 Å². The monoisotopic (exact) mass is 332 g/mol. The van der Waals surface area contributed by atoms with Crippen molar-refractivity contribution in [3.63, 3.8) is 0 Å². The summed E-state index contributed by atoms with van der Waals surface area (Å²) in [5.74, 6) is 1.80. The summed E-state index contributed by atoms with van der Waals surface area (Å²) in [5, 5.41) is 5.29. The highest BCUT2D eigenvalue weighted by atomic mass is 32.1. The van der Waals surface area contributed by atoms with Crippen LogP contribution in [0.2, 0.25) is 0 Å². The summed E-state index contributed by atoms with van der Waals surface area (Å²) >= 11 is 1.53. The zero-order valence-corrected chi connectivity index (χ0v) is 14.5. The van der Waals surface area contributed by atoms with Gasteiger partial charge >= 0.3 is 0 Å². The fourth-order valence-corrected chi connectivity index (χ4v) is 5.03. The van der Waals surface area contributed by atoms with Gasteiger partial charge in [0.1, 0.15) is 5.01 Å². The molecule has 0 aromatic carbocycles. The molecule has 0 spiro atoms. The van der Waals surface area contributed by atoms with E-state index in [1.165, 1.54) is 54.5 Å². The summed E-state index contributed by atoms with van der Waals surface area (Å²) in [6.07, 6.45) is 7.77. The summed E-state index contributed by atoms with van der Waals surface area (Å²) < 4.78 is 1.44. The Morgan fingerprint density at radius 1 is 1.26 bits per heavy atom. The highest BCUT2D eigenvalue weighted by molar-refractivity contribution is 7.16. The van der Waals surface area contributed by atoms with Crippen molar-refractivity contribution in [1.29, 1.82) is 0 Å². The maximum Gasteiger partial charge on any atom is 0.275 e. The number of rotatable bonds is 3. The van der Waals surface area contributed by atoms with Crippen molar-refractivity contribution in [3.8, 4) is 0 Å². The van der Waals surface area contributed by atoms with E-state index >= 15 is 0 Å². The van der Waals surface area contributed by atoms with Gasteiger partial charge in [0.25, 0.3) is 5.56 Å². The molecule has 0 N–H and O–H groups in total. The molecule has 2 aromatic rings. The highest BCUT2D eigenvalue weighted by Crippen LogP contribution is 2.36. The molecule has 1 aliphatic carbocycles.